The third-order valence-corrected chi connectivity index (χ3v) is 5.25. The van der Waals surface area contributed by atoms with Crippen LogP contribution in [0.4, 0.5) is 5.69 Å². The number of methoxy groups -OCH3 is 1. The molecule has 170 valence electrons. The van der Waals surface area contributed by atoms with Crippen LogP contribution in [0.5, 0.6) is 11.5 Å². The number of hydrogen-bond donors (Lipinski definition) is 1. The van der Waals surface area contributed by atoms with E-state index in [2.05, 4.69) is 10.2 Å². The van der Waals surface area contributed by atoms with Gasteiger partial charge in [0.2, 0.25) is 5.91 Å². The van der Waals surface area contributed by atoms with Crippen LogP contribution in [-0.4, -0.2) is 45.2 Å². The standard InChI is InChI=1S/C25H30N2O5/c1-17-21-11-10-20(30-4)16-23(21)32-25(29)22(17)12-13-24(28)26-18-6-8-19(9-7-18)31-15-5-14-27(2)3/h6-11,16H,5,12-15H2,1-4H3,(H,26,28). The Morgan fingerprint density at radius 2 is 1.81 bits per heavy atom. The van der Waals surface area contributed by atoms with Crippen LogP contribution in [0.15, 0.2) is 51.7 Å². The number of anilines is 1. The lowest BCUT2D eigenvalue weighted by Crippen LogP contribution is -2.16. The summed E-state index contributed by atoms with van der Waals surface area (Å²) in [5.74, 6) is 1.22. The van der Waals surface area contributed by atoms with E-state index in [9.17, 15) is 9.59 Å². The number of nitrogens with one attached hydrogen (secondary N) is 1. The molecule has 1 aromatic heterocycles. The molecular weight excluding hydrogens is 408 g/mol. The van der Waals surface area contributed by atoms with Crippen LogP contribution < -0.4 is 20.4 Å². The molecular formula is C25H30N2O5. The quantitative estimate of drug-likeness (QED) is 0.381. The van der Waals surface area contributed by atoms with Crippen molar-refractivity contribution in [3.05, 3.63) is 64.0 Å². The van der Waals surface area contributed by atoms with E-state index in [4.69, 9.17) is 13.9 Å². The highest BCUT2D eigenvalue weighted by atomic mass is 16.5. The maximum Gasteiger partial charge on any atom is 0.339 e. The van der Waals surface area contributed by atoms with E-state index in [1.54, 1.807) is 13.2 Å². The summed E-state index contributed by atoms with van der Waals surface area (Å²) in [6, 6.07) is 12.7. The normalized spacial score (nSPS) is 11.0. The van der Waals surface area contributed by atoms with Crippen molar-refractivity contribution in [3.8, 4) is 11.5 Å². The first-order valence-corrected chi connectivity index (χ1v) is 10.6. The van der Waals surface area contributed by atoms with Crippen LogP contribution in [0.1, 0.15) is 24.0 Å². The number of ether oxygens (including phenoxy) is 2. The molecule has 3 rings (SSSR count). The first-order chi connectivity index (χ1) is 15.4. The molecule has 0 saturated heterocycles. The Morgan fingerprint density at radius 1 is 1.09 bits per heavy atom. The minimum atomic E-state index is -0.424. The molecule has 0 unspecified atom stereocenters. The number of aryl methyl sites for hydroxylation is 1. The number of benzene rings is 2. The number of rotatable bonds is 10. The number of amides is 1. The van der Waals surface area contributed by atoms with Crippen molar-refractivity contribution >= 4 is 22.6 Å². The Morgan fingerprint density at radius 3 is 2.50 bits per heavy atom. The van der Waals surface area contributed by atoms with Gasteiger partial charge in [0.1, 0.15) is 17.1 Å². The zero-order chi connectivity index (χ0) is 23.1. The van der Waals surface area contributed by atoms with Crippen LogP contribution in [0, 0.1) is 6.92 Å². The largest absolute Gasteiger partial charge is 0.497 e. The SMILES string of the molecule is COc1ccc2c(C)c(CCC(=O)Nc3ccc(OCCCN(C)C)cc3)c(=O)oc2c1. The Labute approximate surface area is 187 Å². The van der Waals surface area contributed by atoms with Gasteiger partial charge >= 0.3 is 5.63 Å². The molecule has 0 radical (unpaired) electrons. The molecule has 2 aromatic carbocycles. The second-order valence-electron chi connectivity index (χ2n) is 7.93. The Hall–Kier alpha value is -3.32. The second-order valence-corrected chi connectivity index (χ2v) is 7.93. The summed E-state index contributed by atoms with van der Waals surface area (Å²) in [5, 5.41) is 3.70. The predicted octanol–water partition coefficient (Wildman–Crippen LogP) is 4.01. The van der Waals surface area contributed by atoms with Crippen LogP contribution in [-0.2, 0) is 11.2 Å². The van der Waals surface area contributed by atoms with E-state index < -0.39 is 5.63 Å². The lowest BCUT2D eigenvalue weighted by atomic mass is 10.0. The summed E-state index contributed by atoms with van der Waals surface area (Å²) in [6.45, 7) is 3.48. The Bertz CT molecular complexity index is 1120. The lowest BCUT2D eigenvalue weighted by molar-refractivity contribution is -0.116. The zero-order valence-electron chi connectivity index (χ0n) is 19.1. The molecule has 32 heavy (non-hydrogen) atoms. The maximum absolute atomic E-state index is 12.5. The van der Waals surface area contributed by atoms with Crippen LogP contribution in [0.2, 0.25) is 0 Å². The summed E-state index contributed by atoms with van der Waals surface area (Å²) in [5.41, 5.74) is 2.07. The highest BCUT2D eigenvalue weighted by molar-refractivity contribution is 5.91. The van der Waals surface area contributed by atoms with Gasteiger partial charge < -0.3 is 24.1 Å². The molecule has 7 nitrogen and oxygen atoms in total. The Balaban J connectivity index is 1.57. The minimum Gasteiger partial charge on any atom is -0.497 e. The van der Waals surface area contributed by atoms with Crippen LogP contribution >= 0.6 is 0 Å². The first kappa shape index (κ1) is 23.3. The molecule has 0 aliphatic carbocycles. The number of carbonyl (C=O) groups is 1. The molecule has 0 bridgehead atoms. The van der Waals surface area contributed by atoms with Crippen molar-refractivity contribution in [1.29, 1.82) is 0 Å². The smallest absolute Gasteiger partial charge is 0.339 e. The van der Waals surface area contributed by atoms with Gasteiger partial charge in [-0.05, 0) is 75.8 Å². The minimum absolute atomic E-state index is 0.168. The highest BCUT2D eigenvalue weighted by Gasteiger charge is 2.14. The number of nitrogens with zero attached hydrogens (tertiary/aromatic N) is 1. The van der Waals surface area contributed by atoms with Crippen LogP contribution in [0.3, 0.4) is 0 Å². The molecule has 0 aliphatic heterocycles. The van der Waals surface area contributed by atoms with Gasteiger partial charge in [-0.1, -0.05) is 0 Å². The first-order valence-electron chi connectivity index (χ1n) is 10.6. The molecule has 0 saturated carbocycles. The molecule has 0 fully saturated rings. The average Bonchev–Trinajstić information content (AvgIpc) is 2.77. The van der Waals surface area contributed by atoms with E-state index in [0.29, 0.717) is 35.6 Å². The monoisotopic (exact) mass is 438 g/mol. The van der Waals surface area contributed by atoms with Gasteiger partial charge in [0.25, 0.3) is 0 Å². The third kappa shape index (κ3) is 6.11. The Kier molecular flexibility index (Phi) is 7.89. The van der Waals surface area contributed by atoms with Gasteiger partial charge in [-0.25, -0.2) is 4.79 Å². The summed E-state index contributed by atoms with van der Waals surface area (Å²) in [4.78, 5) is 27.0. The second kappa shape index (κ2) is 10.8. The highest BCUT2D eigenvalue weighted by Crippen LogP contribution is 2.24. The van der Waals surface area contributed by atoms with Gasteiger partial charge in [0, 0.05) is 35.7 Å². The van der Waals surface area contributed by atoms with Gasteiger partial charge in [-0.3, -0.25) is 4.79 Å². The van der Waals surface area contributed by atoms with Crippen molar-refractivity contribution in [2.75, 3.05) is 39.7 Å². The molecule has 0 spiro atoms. The number of hydrogen-bond acceptors (Lipinski definition) is 6. The third-order valence-electron chi connectivity index (χ3n) is 5.25. The van der Waals surface area contributed by atoms with E-state index in [-0.39, 0.29) is 12.3 Å². The average molecular weight is 439 g/mol. The summed E-state index contributed by atoms with van der Waals surface area (Å²) < 4.78 is 16.3. The molecule has 1 N–H and O–H groups in total. The number of carbonyl (C=O) groups excluding carboxylic acids is 1. The van der Waals surface area contributed by atoms with Crippen molar-refractivity contribution in [1.82, 2.24) is 4.90 Å². The van der Waals surface area contributed by atoms with E-state index in [1.807, 2.05) is 57.4 Å². The fourth-order valence-corrected chi connectivity index (χ4v) is 3.46. The number of fused-ring (bicyclic) bond motifs is 1. The molecule has 0 atom stereocenters. The van der Waals surface area contributed by atoms with Gasteiger partial charge in [0.15, 0.2) is 0 Å². The lowest BCUT2D eigenvalue weighted by Gasteiger charge is -2.11. The van der Waals surface area contributed by atoms with E-state index >= 15 is 0 Å². The fraction of sp³-hybridized carbons (Fsp3) is 0.360. The topological polar surface area (TPSA) is 81.0 Å². The van der Waals surface area contributed by atoms with Gasteiger partial charge in [-0.2, -0.15) is 0 Å². The molecule has 1 heterocycles. The van der Waals surface area contributed by atoms with E-state index in [0.717, 1.165) is 29.7 Å². The molecule has 1 amide bonds. The predicted molar refractivity (Wildman–Crippen MR) is 126 cm³/mol. The van der Waals surface area contributed by atoms with Crippen molar-refractivity contribution in [3.63, 3.8) is 0 Å². The molecule has 0 aliphatic rings. The van der Waals surface area contributed by atoms with Crippen LogP contribution in [0.25, 0.3) is 11.0 Å². The van der Waals surface area contributed by atoms with Crippen molar-refractivity contribution in [2.45, 2.75) is 26.2 Å². The zero-order valence-corrected chi connectivity index (χ0v) is 19.1. The summed E-state index contributed by atoms with van der Waals surface area (Å²) >= 11 is 0. The molecule has 3 aromatic rings. The summed E-state index contributed by atoms with van der Waals surface area (Å²) in [7, 11) is 5.62. The molecule has 7 heteroatoms. The van der Waals surface area contributed by atoms with Crippen molar-refractivity contribution in [2.24, 2.45) is 0 Å². The fourth-order valence-electron chi connectivity index (χ4n) is 3.46. The van der Waals surface area contributed by atoms with E-state index in [1.165, 1.54) is 0 Å². The maximum atomic E-state index is 12.5. The van der Waals surface area contributed by atoms with Gasteiger partial charge in [0.05, 0.1) is 13.7 Å². The van der Waals surface area contributed by atoms with Gasteiger partial charge in [-0.15, -0.1) is 0 Å². The summed E-state index contributed by atoms with van der Waals surface area (Å²) in [6.07, 6.45) is 1.42. The van der Waals surface area contributed by atoms with Crippen molar-refractivity contribution < 1.29 is 18.7 Å².